The summed E-state index contributed by atoms with van der Waals surface area (Å²) in [6.07, 6.45) is 7.89. The van der Waals surface area contributed by atoms with E-state index < -0.39 is 5.54 Å². The summed E-state index contributed by atoms with van der Waals surface area (Å²) in [5.41, 5.74) is 13.2. The van der Waals surface area contributed by atoms with Crippen LogP contribution < -0.4 is 11.5 Å². The summed E-state index contributed by atoms with van der Waals surface area (Å²) in [6.45, 7) is 2.12. The van der Waals surface area contributed by atoms with Gasteiger partial charge in [-0.3, -0.25) is 0 Å². The minimum Gasteiger partial charge on any atom is -0.323 e. The van der Waals surface area contributed by atoms with E-state index in [-0.39, 0.29) is 12.0 Å². The van der Waals surface area contributed by atoms with E-state index in [2.05, 4.69) is 19.1 Å². The van der Waals surface area contributed by atoms with E-state index in [1.165, 1.54) is 5.56 Å². The Balaban J connectivity index is 2.31. The molecule has 0 bridgehead atoms. The van der Waals surface area contributed by atoms with Crippen molar-refractivity contribution in [2.45, 2.75) is 24.4 Å². The Labute approximate surface area is 96.6 Å². The summed E-state index contributed by atoms with van der Waals surface area (Å²) < 4.78 is 0. The van der Waals surface area contributed by atoms with Crippen molar-refractivity contribution in [3.8, 4) is 0 Å². The molecule has 0 saturated heterocycles. The maximum atomic E-state index is 6.42. The standard InChI is InChI=1S/C14H18N2/c1-11(12-7-3-2-4-8-12)14(16)10-6-5-9-13(14)15/h2-11,13H,15-16H2,1H3. The molecule has 4 N–H and O–H groups in total. The van der Waals surface area contributed by atoms with E-state index in [0.717, 1.165) is 0 Å². The topological polar surface area (TPSA) is 52.0 Å². The average molecular weight is 214 g/mol. The van der Waals surface area contributed by atoms with Crippen LogP contribution >= 0.6 is 0 Å². The molecular weight excluding hydrogens is 196 g/mol. The molecule has 1 aromatic rings. The van der Waals surface area contributed by atoms with Gasteiger partial charge in [-0.2, -0.15) is 0 Å². The van der Waals surface area contributed by atoms with Crippen molar-refractivity contribution in [3.05, 3.63) is 60.2 Å². The second-order valence-electron chi connectivity index (χ2n) is 4.40. The van der Waals surface area contributed by atoms with Gasteiger partial charge in [0.15, 0.2) is 0 Å². The van der Waals surface area contributed by atoms with Crippen LogP contribution in [-0.2, 0) is 0 Å². The Morgan fingerprint density at radius 2 is 1.88 bits per heavy atom. The van der Waals surface area contributed by atoms with E-state index in [0.29, 0.717) is 0 Å². The van der Waals surface area contributed by atoms with Gasteiger partial charge in [0.1, 0.15) is 0 Å². The van der Waals surface area contributed by atoms with E-state index in [4.69, 9.17) is 11.5 Å². The quantitative estimate of drug-likeness (QED) is 0.790. The molecule has 1 aliphatic rings. The van der Waals surface area contributed by atoms with Crippen molar-refractivity contribution in [1.29, 1.82) is 0 Å². The molecule has 0 aromatic heterocycles. The van der Waals surface area contributed by atoms with E-state index in [9.17, 15) is 0 Å². The first-order chi connectivity index (χ1) is 7.64. The van der Waals surface area contributed by atoms with E-state index in [1.54, 1.807) is 0 Å². The van der Waals surface area contributed by atoms with Crippen LogP contribution in [0.4, 0.5) is 0 Å². The molecule has 0 amide bonds. The molecule has 3 atom stereocenters. The van der Waals surface area contributed by atoms with Gasteiger partial charge in [-0.25, -0.2) is 0 Å². The van der Waals surface area contributed by atoms with Crippen molar-refractivity contribution in [2.75, 3.05) is 0 Å². The second-order valence-corrected chi connectivity index (χ2v) is 4.40. The Bertz CT molecular complexity index is 408. The van der Waals surface area contributed by atoms with Crippen LogP contribution in [0.5, 0.6) is 0 Å². The molecule has 2 rings (SSSR count). The second kappa shape index (κ2) is 4.24. The van der Waals surface area contributed by atoms with Crippen LogP contribution in [0.25, 0.3) is 0 Å². The van der Waals surface area contributed by atoms with Crippen LogP contribution in [0, 0.1) is 0 Å². The number of allylic oxidation sites excluding steroid dienone is 2. The van der Waals surface area contributed by atoms with Gasteiger partial charge in [-0.1, -0.05) is 61.6 Å². The Morgan fingerprint density at radius 3 is 2.50 bits per heavy atom. The van der Waals surface area contributed by atoms with Gasteiger partial charge in [0.2, 0.25) is 0 Å². The van der Waals surface area contributed by atoms with Crippen LogP contribution in [0.15, 0.2) is 54.6 Å². The Hall–Kier alpha value is -1.38. The summed E-state index contributed by atoms with van der Waals surface area (Å²) in [7, 11) is 0. The highest BCUT2D eigenvalue weighted by Gasteiger charge is 2.36. The molecule has 0 saturated carbocycles. The lowest BCUT2D eigenvalue weighted by atomic mass is 9.74. The van der Waals surface area contributed by atoms with Gasteiger partial charge in [0.05, 0.1) is 5.54 Å². The minimum atomic E-state index is -0.490. The lowest BCUT2D eigenvalue weighted by Gasteiger charge is -2.38. The molecule has 2 heteroatoms. The predicted octanol–water partition coefficient (Wildman–Crippen LogP) is 1.94. The maximum Gasteiger partial charge on any atom is 0.0599 e. The van der Waals surface area contributed by atoms with Crippen molar-refractivity contribution >= 4 is 0 Å². The fraction of sp³-hybridized carbons (Fsp3) is 0.286. The number of hydrogen-bond acceptors (Lipinski definition) is 2. The first-order valence-electron chi connectivity index (χ1n) is 5.60. The smallest absolute Gasteiger partial charge is 0.0599 e. The van der Waals surface area contributed by atoms with Crippen molar-refractivity contribution < 1.29 is 0 Å². The molecule has 2 nitrogen and oxygen atoms in total. The lowest BCUT2D eigenvalue weighted by Crippen LogP contribution is -2.57. The number of hydrogen-bond donors (Lipinski definition) is 2. The van der Waals surface area contributed by atoms with Crippen LogP contribution in [0.3, 0.4) is 0 Å². The number of benzene rings is 1. The number of rotatable bonds is 2. The third-order valence-corrected chi connectivity index (χ3v) is 3.44. The van der Waals surface area contributed by atoms with Gasteiger partial charge in [-0.15, -0.1) is 0 Å². The first-order valence-corrected chi connectivity index (χ1v) is 5.60. The molecule has 16 heavy (non-hydrogen) atoms. The minimum absolute atomic E-state index is 0.132. The Morgan fingerprint density at radius 1 is 1.19 bits per heavy atom. The number of nitrogens with two attached hydrogens (primary N) is 2. The first kappa shape index (κ1) is 11.1. The molecule has 0 spiro atoms. The van der Waals surface area contributed by atoms with Crippen molar-refractivity contribution in [2.24, 2.45) is 11.5 Å². The van der Waals surface area contributed by atoms with Gasteiger partial charge in [0.25, 0.3) is 0 Å². The van der Waals surface area contributed by atoms with Crippen molar-refractivity contribution in [3.63, 3.8) is 0 Å². The zero-order valence-corrected chi connectivity index (χ0v) is 9.51. The zero-order valence-electron chi connectivity index (χ0n) is 9.51. The monoisotopic (exact) mass is 214 g/mol. The third-order valence-electron chi connectivity index (χ3n) is 3.44. The molecule has 0 radical (unpaired) electrons. The average Bonchev–Trinajstić information content (AvgIpc) is 2.33. The van der Waals surface area contributed by atoms with Crippen LogP contribution in [0.1, 0.15) is 18.4 Å². The largest absolute Gasteiger partial charge is 0.323 e. The summed E-state index contributed by atoms with van der Waals surface area (Å²) in [5, 5.41) is 0. The van der Waals surface area contributed by atoms with Crippen LogP contribution in [-0.4, -0.2) is 11.6 Å². The van der Waals surface area contributed by atoms with E-state index >= 15 is 0 Å². The molecule has 0 aliphatic heterocycles. The normalized spacial score (nSPS) is 30.3. The fourth-order valence-electron chi connectivity index (χ4n) is 2.15. The lowest BCUT2D eigenvalue weighted by molar-refractivity contribution is 0.401. The van der Waals surface area contributed by atoms with Gasteiger partial charge < -0.3 is 11.5 Å². The third kappa shape index (κ3) is 1.82. The zero-order chi connectivity index (χ0) is 11.6. The fourth-order valence-corrected chi connectivity index (χ4v) is 2.15. The molecule has 1 aromatic carbocycles. The Kier molecular flexibility index (Phi) is 2.95. The highest BCUT2D eigenvalue weighted by atomic mass is 14.9. The summed E-state index contributed by atoms with van der Waals surface area (Å²) in [4.78, 5) is 0. The maximum absolute atomic E-state index is 6.42. The predicted molar refractivity (Wildman–Crippen MR) is 68.0 cm³/mol. The van der Waals surface area contributed by atoms with E-state index in [1.807, 2.05) is 42.5 Å². The van der Waals surface area contributed by atoms with Crippen LogP contribution in [0.2, 0.25) is 0 Å². The molecule has 0 heterocycles. The van der Waals surface area contributed by atoms with Gasteiger partial charge >= 0.3 is 0 Å². The molecular formula is C14H18N2. The molecule has 84 valence electrons. The SMILES string of the molecule is CC(c1ccccc1)C1(N)C=CC=CC1N. The molecule has 0 fully saturated rings. The van der Waals surface area contributed by atoms with Crippen molar-refractivity contribution in [1.82, 2.24) is 0 Å². The summed E-state index contributed by atoms with van der Waals surface area (Å²) in [6, 6.07) is 10.1. The summed E-state index contributed by atoms with van der Waals surface area (Å²) in [5.74, 6) is 0.199. The molecule has 1 aliphatic carbocycles. The van der Waals surface area contributed by atoms with Gasteiger partial charge in [0, 0.05) is 12.0 Å². The highest BCUT2D eigenvalue weighted by molar-refractivity contribution is 5.34. The highest BCUT2D eigenvalue weighted by Crippen LogP contribution is 2.31. The van der Waals surface area contributed by atoms with Gasteiger partial charge in [-0.05, 0) is 5.56 Å². The molecule has 3 unspecified atom stereocenters. The summed E-state index contributed by atoms with van der Waals surface area (Å²) >= 11 is 0.